The SMILES string of the molecule is COc1ccc2cccc(CC3CCN(Cc4ccccc4)C3)c2c1. The van der Waals surface area contributed by atoms with Crippen LogP contribution in [0.5, 0.6) is 5.75 Å². The second-order valence-electron chi connectivity index (χ2n) is 7.08. The number of nitrogens with zero attached hydrogens (tertiary/aromatic N) is 1. The molecule has 1 aliphatic heterocycles. The molecule has 3 aromatic carbocycles. The zero-order valence-electron chi connectivity index (χ0n) is 14.8. The van der Waals surface area contributed by atoms with Gasteiger partial charge in [0.15, 0.2) is 0 Å². The van der Waals surface area contributed by atoms with Crippen LogP contribution >= 0.6 is 0 Å². The van der Waals surface area contributed by atoms with E-state index in [0.717, 1.165) is 24.6 Å². The van der Waals surface area contributed by atoms with Crippen LogP contribution in [-0.4, -0.2) is 25.1 Å². The van der Waals surface area contributed by atoms with Crippen molar-refractivity contribution in [1.29, 1.82) is 0 Å². The standard InChI is InChI=1S/C23H25NO/c1-25-22-11-10-20-8-5-9-21(23(20)15-22)14-19-12-13-24(17-19)16-18-6-3-2-4-7-18/h2-11,15,19H,12-14,16-17H2,1H3. The van der Waals surface area contributed by atoms with Gasteiger partial charge in [-0.3, -0.25) is 4.90 Å². The maximum atomic E-state index is 5.42. The molecule has 1 unspecified atom stereocenters. The van der Waals surface area contributed by atoms with E-state index in [9.17, 15) is 0 Å². The maximum Gasteiger partial charge on any atom is 0.119 e. The van der Waals surface area contributed by atoms with Crippen LogP contribution in [0.4, 0.5) is 0 Å². The van der Waals surface area contributed by atoms with Gasteiger partial charge in [-0.1, -0.05) is 54.6 Å². The molecule has 1 heterocycles. The number of fused-ring (bicyclic) bond motifs is 1. The zero-order chi connectivity index (χ0) is 17.1. The van der Waals surface area contributed by atoms with Crippen LogP contribution in [0.25, 0.3) is 10.8 Å². The van der Waals surface area contributed by atoms with E-state index in [0.29, 0.717) is 0 Å². The summed E-state index contributed by atoms with van der Waals surface area (Å²) in [5.74, 6) is 1.68. The van der Waals surface area contributed by atoms with E-state index >= 15 is 0 Å². The van der Waals surface area contributed by atoms with E-state index in [1.807, 2.05) is 6.07 Å². The van der Waals surface area contributed by atoms with Crippen LogP contribution in [-0.2, 0) is 13.0 Å². The van der Waals surface area contributed by atoms with E-state index in [2.05, 4.69) is 65.6 Å². The summed E-state index contributed by atoms with van der Waals surface area (Å²) in [6.45, 7) is 3.46. The average Bonchev–Trinajstić information content (AvgIpc) is 3.09. The summed E-state index contributed by atoms with van der Waals surface area (Å²) in [5.41, 5.74) is 2.86. The Bertz CT molecular complexity index is 843. The number of likely N-dealkylation sites (tertiary alicyclic amines) is 1. The summed E-state index contributed by atoms with van der Waals surface area (Å²) in [6.07, 6.45) is 2.43. The molecule has 1 saturated heterocycles. The van der Waals surface area contributed by atoms with Crippen molar-refractivity contribution in [2.45, 2.75) is 19.4 Å². The lowest BCUT2D eigenvalue weighted by Gasteiger charge is -2.17. The number of rotatable bonds is 5. The smallest absolute Gasteiger partial charge is 0.119 e. The highest BCUT2D eigenvalue weighted by atomic mass is 16.5. The molecule has 25 heavy (non-hydrogen) atoms. The van der Waals surface area contributed by atoms with Crippen LogP contribution in [0.3, 0.4) is 0 Å². The maximum absolute atomic E-state index is 5.42. The van der Waals surface area contributed by atoms with Crippen molar-refractivity contribution in [2.24, 2.45) is 5.92 Å². The highest BCUT2D eigenvalue weighted by Crippen LogP contribution is 2.28. The fraction of sp³-hybridized carbons (Fsp3) is 0.304. The molecule has 4 rings (SSSR count). The number of benzene rings is 3. The molecule has 0 N–H and O–H groups in total. The van der Waals surface area contributed by atoms with E-state index in [-0.39, 0.29) is 0 Å². The Morgan fingerprint density at radius 1 is 1.00 bits per heavy atom. The molecule has 0 spiro atoms. The van der Waals surface area contributed by atoms with Crippen LogP contribution in [0.15, 0.2) is 66.7 Å². The molecule has 0 amide bonds. The van der Waals surface area contributed by atoms with E-state index in [1.54, 1.807) is 7.11 Å². The molecule has 0 bridgehead atoms. The summed E-state index contributed by atoms with van der Waals surface area (Å²) in [7, 11) is 1.74. The first-order chi connectivity index (χ1) is 12.3. The zero-order valence-corrected chi connectivity index (χ0v) is 14.8. The van der Waals surface area contributed by atoms with Gasteiger partial charge in [-0.2, -0.15) is 0 Å². The summed E-state index contributed by atoms with van der Waals surface area (Å²) >= 11 is 0. The molecule has 128 valence electrons. The highest BCUT2D eigenvalue weighted by Gasteiger charge is 2.23. The minimum Gasteiger partial charge on any atom is -0.497 e. The van der Waals surface area contributed by atoms with Crippen molar-refractivity contribution in [3.05, 3.63) is 77.9 Å². The van der Waals surface area contributed by atoms with Crippen LogP contribution < -0.4 is 4.74 Å². The predicted molar refractivity (Wildman–Crippen MR) is 104 cm³/mol. The number of hydrogen-bond acceptors (Lipinski definition) is 2. The van der Waals surface area contributed by atoms with Crippen LogP contribution in [0, 0.1) is 5.92 Å². The molecular formula is C23H25NO. The van der Waals surface area contributed by atoms with Crippen LogP contribution in [0.1, 0.15) is 17.5 Å². The lowest BCUT2D eigenvalue weighted by atomic mass is 9.94. The van der Waals surface area contributed by atoms with Gasteiger partial charge in [0, 0.05) is 13.1 Å². The van der Waals surface area contributed by atoms with Crippen molar-refractivity contribution in [3.63, 3.8) is 0 Å². The van der Waals surface area contributed by atoms with Gasteiger partial charge in [-0.05, 0) is 59.3 Å². The molecule has 0 radical (unpaired) electrons. The Morgan fingerprint density at radius 3 is 2.72 bits per heavy atom. The van der Waals surface area contributed by atoms with Gasteiger partial charge in [0.2, 0.25) is 0 Å². The first-order valence-electron chi connectivity index (χ1n) is 9.14. The molecule has 2 heteroatoms. The molecule has 1 aliphatic rings. The summed E-state index contributed by atoms with van der Waals surface area (Å²) in [6, 6.07) is 23.8. The monoisotopic (exact) mass is 331 g/mol. The number of hydrogen-bond donors (Lipinski definition) is 0. The first-order valence-corrected chi connectivity index (χ1v) is 9.14. The molecule has 1 fully saturated rings. The quantitative estimate of drug-likeness (QED) is 0.658. The van der Waals surface area contributed by atoms with Crippen molar-refractivity contribution in [1.82, 2.24) is 4.90 Å². The number of ether oxygens (including phenoxy) is 1. The summed E-state index contributed by atoms with van der Waals surface area (Å²) in [5, 5.41) is 2.64. The minimum atomic E-state index is 0.737. The second-order valence-corrected chi connectivity index (χ2v) is 7.08. The second kappa shape index (κ2) is 7.28. The van der Waals surface area contributed by atoms with Crippen molar-refractivity contribution >= 4 is 10.8 Å². The molecule has 1 atom stereocenters. The molecule has 2 nitrogen and oxygen atoms in total. The van der Waals surface area contributed by atoms with Crippen molar-refractivity contribution < 1.29 is 4.74 Å². The summed E-state index contributed by atoms with van der Waals surface area (Å²) < 4.78 is 5.42. The molecular weight excluding hydrogens is 306 g/mol. The van der Waals surface area contributed by atoms with Gasteiger partial charge >= 0.3 is 0 Å². The number of methoxy groups -OCH3 is 1. The summed E-state index contributed by atoms with van der Waals surface area (Å²) in [4.78, 5) is 2.59. The molecule has 0 aliphatic carbocycles. The third kappa shape index (κ3) is 3.69. The Balaban J connectivity index is 1.47. The Kier molecular flexibility index (Phi) is 4.71. The normalized spacial score (nSPS) is 17.9. The Labute approximate surface area is 150 Å². The average molecular weight is 331 g/mol. The Morgan fingerprint density at radius 2 is 1.88 bits per heavy atom. The van der Waals surface area contributed by atoms with E-state index < -0.39 is 0 Å². The fourth-order valence-corrected chi connectivity index (χ4v) is 4.00. The minimum absolute atomic E-state index is 0.737. The predicted octanol–water partition coefficient (Wildman–Crippen LogP) is 4.91. The van der Waals surface area contributed by atoms with Crippen molar-refractivity contribution in [2.75, 3.05) is 20.2 Å². The molecule has 0 saturated carbocycles. The largest absolute Gasteiger partial charge is 0.497 e. The highest BCUT2D eigenvalue weighted by molar-refractivity contribution is 5.87. The van der Waals surface area contributed by atoms with Gasteiger partial charge in [0.05, 0.1) is 7.11 Å². The van der Waals surface area contributed by atoms with E-state index in [1.165, 1.54) is 41.4 Å². The lowest BCUT2D eigenvalue weighted by Crippen LogP contribution is -2.20. The van der Waals surface area contributed by atoms with Gasteiger partial charge in [-0.15, -0.1) is 0 Å². The third-order valence-electron chi connectivity index (χ3n) is 5.31. The van der Waals surface area contributed by atoms with Crippen LogP contribution in [0.2, 0.25) is 0 Å². The van der Waals surface area contributed by atoms with Gasteiger partial charge in [0.1, 0.15) is 5.75 Å². The topological polar surface area (TPSA) is 12.5 Å². The lowest BCUT2D eigenvalue weighted by molar-refractivity contribution is 0.316. The molecule has 3 aromatic rings. The van der Waals surface area contributed by atoms with Gasteiger partial charge in [0.25, 0.3) is 0 Å². The van der Waals surface area contributed by atoms with Gasteiger partial charge in [-0.25, -0.2) is 0 Å². The first kappa shape index (κ1) is 16.2. The molecule has 0 aromatic heterocycles. The fourth-order valence-electron chi connectivity index (χ4n) is 4.00. The van der Waals surface area contributed by atoms with E-state index in [4.69, 9.17) is 4.74 Å². The van der Waals surface area contributed by atoms with Crippen molar-refractivity contribution in [3.8, 4) is 5.75 Å². The van der Waals surface area contributed by atoms with Gasteiger partial charge < -0.3 is 4.74 Å². The third-order valence-corrected chi connectivity index (χ3v) is 5.31. The Hall–Kier alpha value is -2.32.